The fourth-order valence-electron chi connectivity index (χ4n) is 8.53. The van der Waals surface area contributed by atoms with Crippen LogP contribution >= 0.6 is 0 Å². The van der Waals surface area contributed by atoms with Crippen LogP contribution in [-0.2, 0) is 28.6 Å². The second kappa shape index (κ2) is 59.4. The lowest BCUT2D eigenvalue weighted by atomic mass is 10.1. The number of hydrogen-bond donors (Lipinski definition) is 0. The molecule has 0 aliphatic rings. The van der Waals surface area contributed by atoms with Crippen molar-refractivity contribution >= 4 is 17.9 Å². The van der Waals surface area contributed by atoms with Crippen molar-refractivity contribution in [2.75, 3.05) is 13.2 Å². The average molecular weight is 992 g/mol. The third-order valence-corrected chi connectivity index (χ3v) is 13.2. The van der Waals surface area contributed by atoms with Gasteiger partial charge in [0.2, 0.25) is 0 Å². The lowest BCUT2D eigenvalue weighted by Crippen LogP contribution is -2.30. The molecule has 0 saturated carbocycles. The highest BCUT2D eigenvalue weighted by molar-refractivity contribution is 5.71. The number of ether oxygens (including phenoxy) is 3. The Morgan fingerprint density at radius 3 is 0.831 bits per heavy atom. The minimum Gasteiger partial charge on any atom is -0.462 e. The highest BCUT2D eigenvalue weighted by Gasteiger charge is 2.19. The second-order valence-corrected chi connectivity index (χ2v) is 20.2. The molecule has 0 saturated heterocycles. The van der Waals surface area contributed by atoms with Gasteiger partial charge in [-0.15, -0.1) is 0 Å². The molecule has 0 radical (unpaired) electrons. The van der Waals surface area contributed by atoms with Crippen LogP contribution in [0.15, 0.2) is 72.9 Å². The number of hydrogen-bond acceptors (Lipinski definition) is 6. The lowest BCUT2D eigenvalue weighted by molar-refractivity contribution is -0.167. The molecule has 0 aromatic rings. The molecule has 410 valence electrons. The summed E-state index contributed by atoms with van der Waals surface area (Å²) in [6.07, 6.45) is 76.0. The molecular weight excluding hydrogens is 877 g/mol. The van der Waals surface area contributed by atoms with E-state index in [0.717, 1.165) is 89.9 Å². The molecule has 0 spiro atoms. The normalized spacial score (nSPS) is 12.5. The highest BCUT2D eigenvalue weighted by atomic mass is 16.6. The zero-order valence-corrected chi connectivity index (χ0v) is 47.0. The Morgan fingerprint density at radius 1 is 0.282 bits per heavy atom. The van der Waals surface area contributed by atoms with E-state index >= 15 is 0 Å². The Kier molecular flexibility index (Phi) is 56.8. The van der Waals surface area contributed by atoms with Gasteiger partial charge in [-0.2, -0.15) is 0 Å². The molecule has 0 aromatic heterocycles. The maximum Gasteiger partial charge on any atom is 0.306 e. The van der Waals surface area contributed by atoms with Crippen molar-refractivity contribution in [3.8, 4) is 0 Å². The molecule has 0 rings (SSSR count). The average Bonchev–Trinajstić information content (AvgIpc) is 3.37. The van der Waals surface area contributed by atoms with Crippen LogP contribution in [-0.4, -0.2) is 37.2 Å². The van der Waals surface area contributed by atoms with E-state index in [2.05, 4.69) is 93.7 Å². The van der Waals surface area contributed by atoms with E-state index < -0.39 is 6.10 Å². The monoisotopic (exact) mass is 991 g/mol. The molecule has 0 unspecified atom stereocenters. The lowest BCUT2D eigenvalue weighted by Gasteiger charge is -2.18. The maximum atomic E-state index is 12.9. The molecular formula is C65H114O6. The Morgan fingerprint density at radius 2 is 0.507 bits per heavy atom. The molecule has 0 fully saturated rings. The third kappa shape index (κ3) is 57.6. The van der Waals surface area contributed by atoms with Crippen LogP contribution < -0.4 is 0 Å². The van der Waals surface area contributed by atoms with Crippen molar-refractivity contribution in [1.82, 2.24) is 0 Å². The Hall–Kier alpha value is -3.15. The van der Waals surface area contributed by atoms with Crippen molar-refractivity contribution in [3.05, 3.63) is 72.9 Å². The van der Waals surface area contributed by atoms with Gasteiger partial charge < -0.3 is 14.2 Å². The van der Waals surface area contributed by atoms with Crippen molar-refractivity contribution in [2.45, 2.75) is 309 Å². The molecule has 0 heterocycles. The molecule has 6 heteroatoms. The largest absolute Gasteiger partial charge is 0.462 e. The van der Waals surface area contributed by atoms with E-state index in [-0.39, 0.29) is 31.1 Å². The van der Waals surface area contributed by atoms with Gasteiger partial charge >= 0.3 is 17.9 Å². The summed E-state index contributed by atoms with van der Waals surface area (Å²) in [7, 11) is 0. The summed E-state index contributed by atoms with van der Waals surface area (Å²) >= 11 is 0. The summed E-state index contributed by atoms with van der Waals surface area (Å²) in [5, 5.41) is 0. The summed E-state index contributed by atoms with van der Waals surface area (Å²) in [4.78, 5) is 38.3. The van der Waals surface area contributed by atoms with Gasteiger partial charge in [0.25, 0.3) is 0 Å². The first kappa shape index (κ1) is 67.8. The van der Waals surface area contributed by atoms with Gasteiger partial charge in [0, 0.05) is 19.3 Å². The topological polar surface area (TPSA) is 78.9 Å². The van der Waals surface area contributed by atoms with Crippen LogP contribution in [0.4, 0.5) is 0 Å². The first-order chi connectivity index (χ1) is 35.0. The van der Waals surface area contributed by atoms with E-state index in [4.69, 9.17) is 14.2 Å². The second-order valence-electron chi connectivity index (χ2n) is 20.2. The van der Waals surface area contributed by atoms with Crippen molar-refractivity contribution < 1.29 is 28.6 Å². The number of allylic oxidation sites excluding steroid dienone is 12. The zero-order chi connectivity index (χ0) is 51.4. The van der Waals surface area contributed by atoms with Crippen LogP contribution in [0.5, 0.6) is 0 Å². The fourth-order valence-corrected chi connectivity index (χ4v) is 8.53. The molecule has 71 heavy (non-hydrogen) atoms. The predicted octanol–water partition coefficient (Wildman–Crippen LogP) is 20.5. The van der Waals surface area contributed by atoms with Crippen LogP contribution in [0.3, 0.4) is 0 Å². The Bertz CT molecular complexity index is 1320. The Balaban J connectivity index is 4.41. The van der Waals surface area contributed by atoms with Gasteiger partial charge in [-0.3, -0.25) is 14.4 Å². The highest BCUT2D eigenvalue weighted by Crippen LogP contribution is 2.15. The first-order valence-corrected chi connectivity index (χ1v) is 30.4. The SMILES string of the molecule is CCCCC/C=C\C/C=C\C/C=C\CCCCCCCCC(=O)OC[C@@H](COC(=O)CCCCCCC/C=C\CCCCCCCC)OC(=O)CCCCCCCCCCC/C=C\C/C=C\CCCCC. The van der Waals surface area contributed by atoms with Gasteiger partial charge in [0.05, 0.1) is 0 Å². The third-order valence-electron chi connectivity index (χ3n) is 13.2. The summed E-state index contributed by atoms with van der Waals surface area (Å²) in [6, 6.07) is 0. The van der Waals surface area contributed by atoms with Gasteiger partial charge in [0.1, 0.15) is 13.2 Å². The van der Waals surface area contributed by atoms with Crippen molar-refractivity contribution in [3.63, 3.8) is 0 Å². The van der Waals surface area contributed by atoms with Crippen LogP contribution in [0.25, 0.3) is 0 Å². The van der Waals surface area contributed by atoms with E-state index in [1.807, 2.05) is 0 Å². The van der Waals surface area contributed by atoms with Gasteiger partial charge in [-0.1, -0.05) is 241 Å². The predicted molar refractivity (Wildman–Crippen MR) is 307 cm³/mol. The number of unbranched alkanes of at least 4 members (excludes halogenated alkanes) is 32. The Labute approximate surface area is 440 Å². The van der Waals surface area contributed by atoms with Gasteiger partial charge in [-0.05, 0) is 116 Å². The molecule has 0 amide bonds. The number of carbonyl (C=O) groups excluding carboxylic acids is 3. The van der Waals surface area contributed by atoms with Crippen LogP contribution in [0.2, 0.25) is 0 Å². The number of esters is 3. The zero-order valence-electron chi connectivity index (χ0n) is 47.0. The summed E-state index contributed by atoms with van der Waals surface area (Å²) in [6.45, 7) is 6.59. The minimum absolute atomic E-state index is 0.0848. The maximum absolute atomic E-state index is 12.9. The van der Waals surface area contributed by atoms with Gasteiger partial charge in [-0.25, -0.2) is 0 Å². The standard InChI is InChI=1S/C65H114O6/c1-4-7-10-13-16-19-22-25-28-30-32-34-37-40-43-46-49-52-55-58-64(67)70-61-62(60-69-63(66)57-54-51-48-45-42-39-36-27-24-21-18-15-12-9-6-3)71-65(68)59-56-53-50-47-44-41-38-35-33-31-29-26-23-20-17-14-11-8-5-2/h16-17,19-20,25-29,32,34,36,62H,4-15,18,21-24,30-31,33,35,37-61H2,1-3H3/b19-16-,20-17-,28-25-,29-26-,34-32-,36-27-/t62-/m1/s1. The first-order valence-electron chi connectivity index (χ1n) is 30.4. The molecule has 6 nitrogen and oxygen atoms in total. The fraction of sp³-hybridized carbons (Fsp3) is 0.769. The van der Waals surface area contributed by atoms with Gasteiger partial charge in [0.15, 0.2) is 6.10 Å². The minimum atomic E-state index is -0.788. The van der Waals surface area contributed by atoms with E-state index in [9.17, 15) is 14.4 Å². The molecule has 0 N–H and O–H groups in total. The van der Waals surface area contributed by atoms with E-state index in [1.54, 1.807) is 0 Å². The number of rotatable bonds is 55. The van der Waals surface area contributed by atoms with Crippen LogP contribution in [0, 0.1) is 0 Å². The summed E-state index contributed by atoms with van der Waals surface area (Å²) in [5.74, 6) is -0.898. The number of carbonyl (C=O) groups is 3. The quantitative estimate of drug-likeness (QED) is 0.0261. The molecule has 1 atom stereocenters. The van der Waals surface area contributed by atoms with E-state index in [0.29, 0.717) is 19.3 Å². The molecule has 0 aliphatic carbocycles. The summed E-state index contributed by atoms with van der Waals surface area (Å²) < 4.78 is 16.9. The van der Waals surface area contributed by atoms with Crippen molar-refractivity contribution in [2.24, 2.45) is 0 Å². The molecule has 0 bridgehead atoms. The smallest absolute Gasteiger partial charge is 0.306 e. The summed E-state index contributed by atoms with van der Waals surface area (Å²) in [5.41, 5.74) is 0. The van der Waals surface area contributed by atoms with Crippen molar-refractivity contribution in [1.29, 1.82) is 0 Å². The molecule has 0 aromatic carbocycles. The molecule has 0 aliphatic heterocycles. The van der Waals surface area contributed by atoms with E-state index in [1.165, 1.54) is 173 Å². The van der Waals surface area contributed by atoms with Crippen LogP contribution in [0.1, 0.15) is 303 Å².